The van der Waals surface area contributed by atoms with Gasteiger partial charge in [-0.05, 0) is 49.1 Å². The van der Waals surface area contributed by atoms with Crippen LogP contribution in [0.5, 0.6) is 11.5 Å². The highest BCUT2D eigenvalue weighted by molar-refractivity contribution is 5.81. The number of carbonyl (C=O) groups is 1. The quantitative estimate of drug-likeness (QED) is 0.704. The molecule has 1 unspecified atom stereocenters. The molecule has 5 heteroatoms. The van der Waals surface area contributed by atoms with Crippen molar-refractivity contribution >= 4 is 5.91 Å². The summed E-state index contributed by atoms with van der Waals surface area (Å²) in [6, 6.07) is 13.6. The minimum Gasteiger partial charge on any atom is -0.497 e. The van der Waals surface area contributed by atoms with Crippen LogP contribution >= 0.6 is 0 Å². The van der Waals surface area contributed by atoms with Crippen molar-refractivity contribution < 1.29 is 18.7 Å². The highest BCUT2D eigenvalue weighted by Gasteiger charge is 2.18. The largest absolute Gasteiger partial charge is 0.497 e. The lowest BCUT2D eigenvalue weighted by Gasteiger charge is -2.17. The van der Waals surface area contributed by atoms with Crippen LogP contribution in [0.25, 0.3) is 0 Å². The van der Waals surface area contributed by atoms with Crippen LogP contribution in [-0.4, -0.2) is 25.7 Å². The van der Waals surface area contributed by atoms with Crippen molar-refractivity contribution in [3.05, 3.63) is 59.9 Å². The maximum Gasteiger partial charge on any atom is 0.261 e. The van der Waals surface area contributed by atoms with Crippen LogP contribution < -0.4 is 14.8 Å². The van der Waals surface area contributed by atoms with E-state index in [2.05, 4.69) is 5.32 Å². The Morgan fingerprint density at radius 3 is 2.56 bits per heavy atom. The van der Waals surface area contributed by atoms with Gasteiger partial charge >= 0.3 is 0 Å². The zero-order valence-corrected chi connectivity index (χ0v) is 14.6. The number of ether oxygens (including phenoxy) is 2. The van der Waals surface area contributed by atoms with Crippen molar-refractivity contribution in [3.63, 3.8) is 0 Å². The van der Waals surface area contributed by atoms with Gasteiger partial charge < -0.3 is 14.8 Å². The molecule has 2 aromatic rings. The van der Waals surface area contributed by atoms with Crippen molar-refractivity contribution in [2.45, 2.75) is 32.3 Å². The van der Waals surface area contributed by atoms with Crippen molar-refractivity contribution in [1.29, 1.82) is 0 Å². The molecule has 0 bridgehead atoms. The molecular formula is C20H24FNO3. The molecule has 0 aromatic heterocycles. The minimum absolute atomic E-state index is 0.135. The molecule has 0 aliphatic carbocycles. The van der Waals surface area contributed by atoms with E-state index in [0.717, 1.165) is 18.4 Å². The zero-order valence-electron chi connectivity index (χ0n) is 14.6. The molecule has 0 fully saturated rings. The minimum atomic E-state index is -0.544. The molecule has 2 aromatic carbocycles. The molecule has 0 saturated carbocycles. The van der Waals surface area contributed by atoms with Gasteiger partial charge in [0.1, 0.15) is 17.3 Å². The number of rotatable bonds is 9. The fourth-order valence-electron chi connectivity index (χ4n) is 2.43. The second-order valence-corrected chi connectivity index (χ2v) is 5.71. The van der Waals surface area contributed by atoms with Crippen LogP contribution in [0.2, 0.25) is 0 Å². The third-order valence-electron chi connectivity index (χ3n) is 3.84. The number of carbonyl (C=O) groups excluding carboxylic acids is 1. The lowest BCUT2D eigenvalue weighted by atomic mass is 10.1. The Labute approximate surface area is 148 Å². The zero-order chi connectivity index (χ0) is 18.1. The second kappa shape index (κ2) is 9.67. The SMILES string of the molecule is CCC(Oc1cccc(OC)c1)C(=O)NCCCc1ccc(F)cc1. The molecule has 0 spiro atoms. The first kappa shape index (κ1) is 18.8. The molecule has 134 valence electrons. The molecule has 4 nitrogen and oxygen atoms in total. The molecule has 0 aliphatic heterocycles. The van der Waals surface area contributed by atoms with Crippen LogP contribution in [0.3, 0.4) is 0 Å². The van der Waals surface area contributed by atoms with E-state index in [1.165, 1.54) is 12.1 Å². The number of benzene rings is 2. The van der Waals surface area contributed by atoms with E-state index in [1.54, 1.807) is 31.4 Å². The first-order valence-electron chi connectivity index (χ1n) is 8.45. The van der Waals surface area contributed by atoms with Crippen LogP contribution in [0, 0.1) is 5.82 Å². The van der Waals surface area contributed by atoms with Crippen LogP contribution in [-0.2, 0) is 11.2 Å². The van der Waals surface area contributed by atoms with Crippen molar-refractivity contribution in [1.82, 2.24) is 5.32 Å². The summed E-state index contributed by atoms with van der Waals surface area (Å²) in [7, 11) is 1.59. The van der Waals surface area contributed by atoms with Crippen LogP contribution in [0.15, 0.2) is 48.5 Å². The number of methoxy groups -OCH3 is 1. The summed E-state index contributed by atoms with van der Waals surface area (Å²) in [5.41, 5.74) is 1.05. The molecule has 0 saturated heterocycles. The van der Waals surface area contributed by atoms with Crippen molar-refractivity contribution in [2.75, 3.05) is 13.7 Å². The van der Waals surface area contributed by atoms with E-state index in [-0.39, 0.29) is 11.7 Å². The fourth-order valence-corrected chi connectivity index (χ4v) is 2.43. The number of nitrogens with one attached hydrogen (secondary N) is 1. The van der Waals surface area contributed by atoms with E-state index in [4.69, 9.17) is 9.47 Å². The third-order valence-corrected chi connectivity index (χ3v) is 3.84. The standard InChI is InChI=1S/C20H24FNO3/c1-3-19(25-18-8-4-7-17(14-18)24-2)20(23)22-13-5-6-15-9-11-16(21)12-10-15/h4,7-12,14,19H,3,5-6,13H2,1-2H3,(H,22,23). The summed E-state index contributed by atoms with van der Waals surface area (Å²) in [5.74, 6) is 0.918. The van der Waals surface area contributed by atoms with E-state index < -0.39 is 6.10 Å². The average molecular weight is 345 g/mol. The summed E-state index contributed by atoms with van der Waals surface area (Å²) < 4.78 is 23.8. The molecule has 1 amide bonds. The van der Waals surface area contributed by atoms with Gasteiger partial charge in [-0.1, -0.05) is 25.1 Å². The third kappa shape index (κ3) is 6.10. The van der Waals surface area contributed by atoms with Gasteiger partial charge in [-0.25, -0.2) is 4.39 Å². The molecule has 1 N–H and O–H groups in total. The van der Waals surface area contributed by atoms with Gasteiger partial charge in [0, 0.05) is 12.6 Å². The van der Waals surface area contributed by atoms with E-state index in [9.17, 15) is 9.18 Å². The normalized spacial score (nSPS) is 11.6. The number of halogens is 1. The average Bonchev–Trinajstić information content (AvgIpc) is 2.64. The summed E-state index contributed by atoms with van der Waals surface area (Å²) in [5, 5.41) is 2.89. The van der Waals surface area contributed by atoms with Gasteiger partial charge in [-0.3, -0.25) is 4.79 Å². The number of hydrogen-bond acceptors (Lipinski definition) is 3. The lowest BCUT2D eigenvalue weighted by Crippen LogP contribution is -2.38. The number of hydrogen-bond donors (Lipinski definition) is 1. The van der Waals surface area contributed by atoms with E-state index in [0.29, 0.717) is 24.5 Å². The molecule has 1 atom stereocenters. The van der Waals surface area contributed by atoms with Gasteiger partial charge in [0.2, 0.25) is 0 Å². The topological polar surface area (TPSA) is 47.6 Å². The van der Waals surface area contributed by atoms with Gasteiger partial charge in [-0.2, -0.15) is 0 Å². The fraction of sp³-hybridized carbons (Fsp3) is 0.350. The highest BCUT2D eigenvalue weighted by Crippen LogP contribution is 2.20. The van der Waals surface area contributed by atoms with Crippen molar-refractivity contribution in [2.24, 2.45) is 0 Å². The summed E-state index contributed by atoms with van der Waals surface area (Å²) in [4.78, 5) is 12.3. The molecule has 0 radical (unpaired) electrons. The summed E-state index contributed by atoms with van der Waals surface area (Å²) in [6.07, 6.45) is 1.60. The number of aryl methyl sites for hydroxylation is 1. The van der Waals surface area contributed by atoms with Gasteiger partial charge in [0.05, 0.1) is 7.11 Å². The molecule has 2 rings (SSSR count). The monoisotopic (exact) mass is 345 g/mol. The predicted octanol–water partition coefficient (Wildman–Crippen LogP) is 3.74. The summed E-state index contributed by atoms with van der Waals surface area (Å²) >= 11 is 0. The van der Waals surface area contributed by atoms with E-state index in [1.807, 2.05) is 19.1 Å². The highest BCUT2D eigenvalue weighted by atomic mass is 19.1. The molecule has 0 heterocycles. The van der Waals surface area contributed by atoms with Gasteiger partial charge in [0.25, 0.3) is 5.91 Å². The second-order valence-electron chi connectivity index (χ2n) is 5.71. The van der Waals surface area contributed by atoms with Gasteiger partial charge in [-0.15, -0.1) is 0 Å². The Balaban J connectivity index is 1.78. The molecule has 25 heavy (non-hydrogen) atoms. The van der Waals surface area contributed by atoms with Crippen molar-refractivity contribution in [3.8, 4) is 11.5 Å². The first-order chi connectivity index (χ1) is 12.1. The lowest BCUT2D eigenvalue weighted by molar-refractivity contribution is -0.128. The summed E-state index contributed by atoms with van der Waals surface area (Å²) in [6.45, 7) is 2.46. The Kier molecular flexibility index (Phi) is 7.26. The smallest absolute Gasteiger partial charge is 0.261 e. The van der Waals surface area contributed by atoms with E-state index >= 15 is 0 Å². The Morgan fingerprint density at radius 2 is 1.88 bits per heavy atom. The Morgan fingerprint density at radius 1 is 1.16 bits per heavy atom. The predicted molar refractivity (Wildman–Crippen MR) is 95.4 cm³/mol. The van der Waals surface area contributed by atoms with Gasteiger partial charge in [0.15, 0.2) is 6.10 Å². The maximum atomic E-state index is 12.9. The Hall–Kier alpha value is -2.56. The first-order valence-corrected chi connectivity index (χ1v) is 8.45. The van der Waals surface area contributed by atoms with Crippen LogP contribution in [0.1, 0.15) is 25.3 Å². The number of amides is 1. The Bertz CT molecular complexity index is 673. The maximum absolute atomic E-state index is 12.9. The van der Waals surface area contributed by atoms with Crippen LogP contribution in [0.4, 0.5) is 4.39 Å². The molecular weight excluding hydrogens is 321 g/mol. The molecule has 0 aliphatic rings.